The lowest BCUT2D eigenvalue weighted by Crippen LogP contribution is -1.91. The molecule has 1 aliphatic carbocycles. The van der Waals surface area contributed by atoms with Crippen LogP contribution in [0.15, 0.2) is 12.1 Å². The van der Waals surface area contributed by atoms with Crippen molar-refractivity contribution in [2.45, 2.75) is 25.4 Å². The number of aromatic hydroxyl groups is 1. The molecule has 1 fully saturated rings. The van der Waals surface area contributed by atoms with Gasteiger partial charge >= 0.3 is 0 Å². The van der Waals surface area contributed by atoms with Crippen molar-refractivity contribution >= 4 is 22.6 Å². The number of hydrogen-bond acceptors (Lipinski definition) is 2. The predicted molar refractivity (Wildman–Crippen MR) is 58.7 cm³/mol. The van der Waals surface area contributed by atoms with Gasteiger partial charge < -0.3 is 10.2 Å². The minimum Gasteiger partial charge on any atom is -0.507 e. The third-order valence-corrected chi connectivity index (χ3v) is 3.52. The van der Waals surface area contributed by atoms with Gasteiger partial charge in [0.15, 0.2) is 0 Å². The number of halogens is 1. The monoisotopic (exact) mass is 290 g/mol. The van der Waals surface area contributed by atoms with Crippen molar-refractivity contribution in [1.29, 1.82) is 0 Å². The van der Waals surface area contributed by atoms with E-state index in [4.69, 9.17) is 5.11 Å². The molecule has 0 saturated heterocycles. The smallest absolute Gasteiger partial charge is 0.129 e. The second-order valence-electron chi connectivity index (χ2n) is 3.45. The minimum absolute atomic E-state index is 0.00417. The molecule has 0 amide bonds. The van der Waals surface area contributed by atoms with Crippen molar-refractivity contribution in [3.05, 3.63) is 26.8 Å². The van der Waals surface area contributed by atoms with E-state index in [-0.39, 0.29) is 6.61 Å². The Morgan fingerprint density at radius 3 is 2.62 bits per heavy atom. The van der Waals surface area contributed by atoms with Crippen molar-refractivity contribution in [3.8, 4) is 5.75 Å². The zero-order chi connectivity index (χ0) is 9.42. The number of benzene rings is 1. The summed E-state index contributed by atoms with van der Waals surface area (Å²) in [5.74, 6) is 0.915. The second kappa shape index (κ2) is 3.46. The molecule has 1 aromatic carbocycles. The van der Waals surface area contributed by atoms with Gasteiger partial charge in [0.1, 0.15) is 5.75 Å². The van der Waals surface area contributed by atoms with Crippen LogP contribution in [-0.4, -0.2) is 10.2 Å². The van der Waals surface area contributed by atoms with E-state index in [1.807, 2.05) is 6.07 Å². The Morgan fingerprint density at radius 2 is 2.08 bits per heavy atom. The Labute approximate surface area is 90.7 Å². The lowest BCUT2D eigenvalue weighted by atomic mass is 10.1. The molecule has 0 unspecified atom stereocenters. The molecule has 0 aliphatic heterocycles. The largest absolute Gasteiger partial charge is 0.507 e. The molecule has 13 heavy (non-hydrogen) atoms. The number of phenolic OH excluding ortho intramolecular Hbond substituents is 1. The fraction of sp³-hybridized carbons (Fsp3) is 0.400. The summed E-state index contributed by atoms with van der Waals surface area (Å²) in [6.07, 6.45) is 2.43. The van der Waals surface area contributed by atoms with E-state index >= 15 is 0 Å². The molecule has 70 valence electrons. The molecule has 2 N–H and O–H groups in total. The maximum Gasteiger partial charge on any atom is 0.129 e. The molecule has 0 spiro atoms. The first kappa shape index (κ1) is 9.27. The van der Waals surface area contributed by atoms with E-state index in [2.05, 4.69) is 22.6 Å². The third kappa shape index (κ3) is 1.81. The van der Waals surface area contributed by atoms with Crippen molar-refractivity contribution in [1.82, 2.24) is 0 Å². The maximum absolute atomic E-state index is 9.57. The van der Waals surface area contributed by atoms with E-state index < -0.39 is 0 Å². The summed E-state index contributed by atoms with van der Waals surface area (Å²) in [4.78, 5) is 0. The van der Waals surface area contributed by atoms with Crippen LogP contribution in [0.5, 0.6) is 5.75 Å². The fourth-order valence-corrected chi connectivity index (χ4v) is 2.23. The Kier molecular flexibility index (Phi) is 2.47. The third-order valence-electron chi connectivity index (χ3n) is 2.34. The van der Waals surface area contributed by atoms with Gasteiger partial charge in [-0.05, 0) is 58.5 Å². The number of rotatable bonds is 2. The van der Waals surface area contributed by atoms with Gasteiger partial charge in [-0.25, -0.2) is 0 Å². The van der Waals surface area contributed by atoms with Gasteiger partial charge in [0.2, 0.25) is 0 Å². The van der Waals surface area contributed by atoms with Crippen LogP contribution >= 0.6 is 22.6 Å². The molecule has 2 rings (SSSR count). The molecule has 0 bridgehead atoms. The first-order valence-corrected chi connectivity index (χ1v) is 5.42. The van der Waals surface area contributed by atoms with Crippen molar-refractivity contribution in [2.24, 2.45) is 0 Å². The van der Waals surface area contributed by atoms with E-state index in [1.54, 1.807) is 6.07 Å². The van der Waals surface area contributed by atoms with Gasteiger partial charge in [-0.2, -0.15) is 0 Å². The molecule has 3 heteroatoms. The van der Waals surface area contributed by atoms with Crippen molar-refractivity contribution in [3.63, 3.8) is 0 Å². The average Bonchev–Trinajstić information content (AvgIpc) is 2.92. The highest BCUT2D eigenvalue weighted by atomic mass is 127. The molecule has 1 aromatic rings. The number of aliphatic hydroxyl groups excluding tert-OH is 1. The van der Waals surface area contributed by atoms with Crippen LogP contribution in [0.1, 0.15) is 29.9 Å². The summed E-state index contributed by atoms with van der Waals surface area (Å²) in [6, 6.07) is 3.63. The van der Waals surface area contributed by atoms with Crippen molar-refractivity contribution < 1.29 is 10.2 Å². The first-order chi connectivity index (χ1) is 6.22. The summed E-state index contributed by atoms with van der Waals surface area (Å²) in [5, 5.41) is 18.5. The average molecular weight is 290 g/mol. The lowest BCUT2D eigenvalue weighted by molar-refractivity contribution is 0.281. The maximum atomic E-state index is 9.57. The highest BCUT2D eigenvalue weighted by Gasteiger charge is 2.26. The van der Waals surface area contributed by atoms with Crippen LogP contribution in [0.2, 0.25) is 0 Å². The normalized spacial score (nSPS) is 16.2. The summed E-state index contributed by atoms with van der Waals surface area (Å²) < 4.78 is 0.942. The molecular weight excluding hydrogens is 279 g/mol. The first-order valence-electron chi connectivity index (χ1n) is 4.34. The summed E-state index contributed by atoms with van der Waals surface area (Å²) in [7, 11) is 0. The van der Waals surface area contributed by atoms with Crippen LogP contribution in [0, 0.1) is 3.57 Å². The molecule has 0 atom stereocenters. The van der Waals surface area contributed by atoms with Gasteiger partial charge in [-0.15, -0.1) is 0 Å². The SMILES string of the molecule is OCc1cc(O)c(I)c(C2CC2)c1. The van der Waals surface area contributed by atoms with Gasteiger partial charge in [0.05, 0.1) is 10.2 Å². The summed E-state index contributed by atoms with van der Waals surface area (Å²) in [5.41, 5.74) is 2.00. The van der Waals surface area contributed by atoms with Crippen LogP contribution in [0.25, 0.3) is 0 Å². The van der Waals surface area contributed by atoms with Gasteiger partial charge in [-0.3, -0.25) is 0 Å². The zero-order valence-electron chi connectivity index (χ0n) is 7.13. The van der Waals surface area contributed by atoms with Crippen LogP contribution in [-0.2, 0) is 6.61 Å². The second-order valence-corrected chi connectivity index (χ2v) is 4.53. The lowest BCUT2D eigenvalue weighted by Gasteiger charge is -2.07. The van der Waals surface area contributed by atoms with Gasteiger partial charge in [-0.1, -0.05) is 6.07 Å². The highest BCUT2D eigenvalue weighted by molar-refractivity contribution is 14.1. The van der Waals surface area contributed by atoms with E-state index in [0.29, 0.717) is 11.7 Å². The molecular formula is C10H11IO2. The van der Waals surface area contributed by atoms with Crippen LogP contribution in [0.4, 0.5) is 0 Å². The molecule has 0 aromatic heterocycles. The van der Waals surface area contributed by atoms with Gasteiger partial charge in [0.25, 0.3) is 0 Å². The molecule has 2 nitrogen and oxygen atoms in total. The number of phenols is 1. The Hall–Kier alpha value is -0.290. The van der Waals surface area contributed by atoms with E-state index in [1.165, 1.54) is 18.4 Å². The molecule has 1 aliphatic rings. The highest BCUT2D eigenvalue weighted by Crippen LogP contribution is 2.44. The predicted octanol–water partition coefficient (Wildman–Crippen LogP) is 2.37. The quantitative estimate of drug-likeness (QED) is 0.821. The Balaban J connectivity index is 2.46. The van der Waals surface area contributed by atoms with Crippen molar-refractivity contribution in [2.75, 3.05) is 0 Å². The number of hydrogen-bond donors (Lipinski definition) is 2. The Morgan fingerprint density at radius 1 is 1.38 bits per heavy atom. The van der Waals surface area contributed by atoms with Gasteiger partial charge in [0, 0.05) is 0 Å². The molecule has 0 heterocycles. The summed E-state index contributed by atoms with van der Waals surface area (Å²) >= 11 is 2.16. The zero-order valence-corrected chi connectivity index (χ0v) is 9.28. The Bertz CT molecular complexity index is 332. The standard InChI is InChI=1S/C10H11IO2/c11-10-8(7-1-2-7)3-6(5-12)4-9(10)13/h3-4,7,12-13H,1-2,5H2. The molecule has 1 saturated carbocycles. The fourth-order valence-electron chi connectivity index (χ4n) is 1.47. The minimum atomic E-state index is 0.00417. The van der Waals surface area contributed by atoms with Crippen LogP contribution in [0.3, 0.4) is 0 Å². The van der Waals surface area contributed by atoms with E-state index in [9.17, 15) is 5.11 Å². The van der Waals surface area contributed by atoms with E-state index in [0.717, 1.165) is 9.13 Å². The molecule has 0 radical (unpaired) electrons. The topological polar surface area (TPSA) is 40.5 Å². The summed E-state index contributed by atoms with van der Waals surface area (Å²) in [6.45, 7) is 0.00417. The number of aliphatic hydroxyl groups is 1. The van der Waals surface area contributed by atoms with Crippen LogP contribution < -0.4 is 0 Å².